The standard InChI is InChI=1S/C16H19ClN4O3S3/c1-25-16-20-19-15(26-16)18-14(22)12-3-2-8-21(9-12)27(23,24)10-11-4-6-13(17)7-5-11/h4-7,12H,2-3,8-10H2,1H3,(H,18,19,22)/t12-/m0/s1. The molecule has 0 spiro atoms. The average molecular weight is 447 g/mol. The molecule has 7 nitrogen and oxygen atoms in total. The summed E-state index contributed by atoms with van der Waals surface area (Å²) in [7, 11) is -3.51. The Labute approximate surface area is 171 Å². The number of hydrogen-bond acceptors (Lipinski definition) is 7. The van der Waals surface area contributed by atoms with Crippen molar-refractivity contribution in [2.24, 2.45) is 5.92 Å². The lowest BCUT2D eigenvalue weighted by Gasteiger charge is -2.31. The molecule has 0 unspecified atom stereocenters. The maximum Gasteiger partial charge on any atom is 0.230 e. The van der Waals surface area contributed by atoms with Gasteiger partial charge in [0.2, 0.25) is 21.1 Å². The second-order valence-corrected chi connectivity index (χ2v) is 10.6. The summed E-state index contributed by atoms with van der Waals surface area (Å²) in [5, 5.41) is 11.6. The molecule has 0 saturated carbocycles. The Morgan fingerprint density at radius 2 is 2.11 bits per heavy atom. The second-order valence-electron chi connectivity index (χ2n) is 6.15. The fourth-order valence-electron chi connectivity index (χ4n) is 2.84. The number of carbonyl (C=O) groups excluding carboxylic acids is 1. The van der Waals surface area contributed by atoms with Crippen LogP contribution in [-0.4, -0.2) is 48.2 Å². The van der Waals surface area contributed by atoms with E-state index in [1.165, 1.54) is 27.4 Å². The number of nitrogens with zero attached hydrogens (tertiary/aromatic N) is 3. The van der Waals surface area contributed by atoms with E-state index >= 15 is 0 Å². The zero-order valence-corrected chi connectivity index (χ0v) is 17.8. The highest BCUT2D eigenvalue weighted by molar-refractivity contribution is 8.00. The summed E-state index contributed by atoms with van der Waals surface area (Å²) in [6, 6.07) is 6.74. The maximum absolute atomic E-state index is 12.7. The number of thioether (sulfide) groups is 1. The van der Waals surface area contributed by atoms with Crippen LogP contribution in [0.4, 0.5) is 5.13 Å². The smallest absolute Gasteiger partial charge is 0.230 e. The minimum atomic E-state index is -3.51. The quantitative estimate of drug-likeness (QED) is 0.541. The van der Waals surface area contributed by atoms with Crippen molar-refractivity contribution in [3.63, 3.8) is 0 Å². The lowest BCUT2D eigenvalue weighted by molar-refractivity contribution is -0.120. The van der Waals surface area contributed by atoms with E-state index in [0.717, 1.165) is 4.34 Å². The zero-order valence-electron chi connectivity index (χ0n) is 14.6. The van der Waals surface area contributed by atoms with Crippen LogP contribution < -0.4 is 5.32 Å². The van der Waals surface area contributed by atoms with Gasteiger partial charge in [-0.2, -0.15) is 0 Å². The van der Waals surface area contributed by atoms with Gasteiger partial charge in [0.05, 0.1) is 11.7 Å². The van der Waals surface area contributed by atoms with E-state index in [1.54, 1.807) is 24.3 Å². The van der Waals surface area contributed by atoms with Crippen LogP contribution in [0.3, 0.4) is 0 Å². The minimum Gasteiger partial charge on any atom is -0.300 e. The average Bonchev–Trinajstić information content (AvgIpc) is 3.11. The fourth-order valence-corrected chi connectivity index (χ4v) is 5.75. The van der Waals surface area contributed by atoms with E-state index in [0.29, 0.717) is 35.1 Å². The highest BCUT2D eigenvalue weighted by atomic mass is 35.5. The second kappa shape index (κ2) is 8.87. The lowest BCUT2D eigenvalue weighted by Crippen LogP contribution is -2.44. The lowest BCUT2D eigenvalue weighted by atomic mass is 9.99. The number of sulfonamides is 1. The molecule has 146 valence electrons. The first-order valence-corrected chi connectivity index (χ1v) is 12.3. The van der Waals surface area contributed by atoms with Gasteiger partial charge in [0, 0.05) is 18.1 Å². The minimum absolute atomic E-state index is 0.105. The molecular weight excluding hydrogens is 428 g/mol. The molecule has 0 bridgehead atoms. The van der Waals surface area contributed by atoms with Gasteiger partial charge in [0.25, 0.3) is 0 Å². The Bertz CT molecular complexity index is 902. The van der Waals surface area contributed by atoms with Crippen molar-refractivity contribution in [3.8, 4) is 0 Å². The van der Waals surface area contributed by atoms with E-state index < -0.39 is 15.9 Å². The molecule has 2 aromatic rings. The van der Waals surface area contributed by atoms with Crippen LogP contribution in [0, 0.1) is 5.92 Å². The highest BCUT2D eigenvalue weighted by Gasteiger charge is 2.32. The van der Waals surface area contributed by atoms with Gasteiger partial charge in [-0.05, 0) is 36.8 Å². The molecule has 2 heterocycles. The molecule has 27 heavy (non-hydrogen) atoms. The molecule has 0 aliphatic carbocycles. The van der Waals surface area contributed by atoms with Gasteiger partial charge < -0.3 is 5.32 Å². The Balaban J connectivity index is 1.63. The summed E-state index contributed by atoms with van der Waals surface area (Å²) in [6.07, 6.45) is 3.17. The van der Waals surface area contributed by atoms with Crippen molar-refractivity contribution < 1.29 is 13.2 Å². The summed E-state index contributed by atoms with van der Waals surface area (Å²) in [4.78, 5) is 12.5. The van der Waals surface area contributed by atoms with Crippen molar-refractivity contribution in [1.29, 1.82) is 0 Å². The van der Waals surface area contributed by atoms with Crippen LogP contribution in [0.2, 0.25) is 5.02 Å². The van der Waals surface area contributed by atoms with Crippen molar-refractivity contribution in [1.82, 2.24) is 14.5 Å². The van der Waals surface area contributed by atoms with E-state index in [2.05, 4.69) is 15.5 Å². The first-order chi connectivity index (χ1) is 12.9. The van der Waals surface area contributed by atoms with Crippen molar-refractivity contribution in [2.45, 2.75) is 22.9 Å². The first kappa shape index (κ1) is 20.5. The maximum atomic E-state index is 12.7. The Morgan fingerprint density at radius 1 is 1.37 bits per heavy atom. The van der Waals surface area contributed by atoms with Crippen molar-refractivity contribution >= 4 is 55.8 Å². The number of benzene rings is 1. The van der Waals surface area contributed by atoms with Gasteiger partial charge in [-0.1, -0.05) is 46.8 Å². The molecule has 1 fully saturated rings. The van der Waals surface area contributed by atoms with Crippen LogP contribution in [-0.2, 0) is 20.6 Å². The number of nitrogens with one attached hydrogen (secondary N) is 1. The summed E-state index contributed by atoms with van der Waals surface area (Å²) < 4.78 is 27.7. The number of hydrogen-bond donors (Lipinski definition) is 1. The third kappa shape index (κ3) is 5.41. The van der Waals surface area contributed by atoms with Crippen molar-refractivity contribution in [2.75, 3.05) is 24.7 Å². The monoisotopic (exact) mass is 446 g/mol. The third-order valence-electron chi connectivity index (χ3n) is 4.22. The molecule has 1 amide bonds. The number of halogens is 1. The van der Waals surface area contributed by atoms with E-state index in [4.69, 9.17) is 11.6 Å². The van der Waals surface area contributed by atoms with Gasteiger partial charge in [0.15, 0.2) is 4.34 Å². The largest absolute Gasteiger partial charge is 0.300 e. The molecule has 1 aliphatic rings. The highest BCUT2D eigenvalue weighted by Crippen LogP contribution is 2.26. The number of amides is 1. The van der Waals surface area contributed by atoms with E-state index in [-0.39, 0.29) is 18.2 Å². The first-order valence-electron chi connectivity index (χ1n) is 8.28. The number of aromatic nitrogens is 2. The number of rotatable bonds is 6. The van der Waals surface area contributed by atoms with E-state index in [1.807, 2.05) is 6.26 Å². The predicted molar refractivity (Wildman–Crippen MR) is 109 cm³/mol. The SMILES string of the molecule is CSc1nnc(NC(=O)[C@H]2CCCN(S(=O)(=O)Cc3ccc(Cl)cc3)C2)s1. The molecular formula is C16H19ClN4O3S3. The summed E-state index contributed by atoms with van der Waals surface area (Å²) >= 11 is 8.60. The van der Waals surface area contributed by atoms with Gasteiger partial charge in [-0.25, -0.2) is 12.7 Å². The molecule has 3 rings (SSSR count). The predicted octanol–water partition coefficient (Wildman–Crippen LogP) is 3.09. The summed E-state index contributed by atoms with van der Waals surface area (Å²) in [5.41, 5.74) is 0.671. The van der Waals surface area contributed by atoms with Crippen LogP contribution in [0.15, 0.2) is 28.6 Å². The fraction of sp³-hybridized carbons (Fsp3) is 0.438. The zero-order chi connectivity index (χ0) is 19.4. The Kier molecular flexibility index (Phi) is 6.74. The molecule has 1 aromatic heterocycles. The molecule has 1 atom stereocenters. The van der Waals surface area contributed by atoms with Gasteiger partial charge >= 0.3 is 0 Å². The Hall–Kier alpha value is -1.20. The Morgan fingerprint density at radius 3 is 2.78 bits per heavy atom. The van der Waals surface area contributed by atoms with Crippen molar-refractivity contribution in [3.05, 3.63) is 34.9 Å². The number of piperidine rings is 1. The molecule has 1 aliphatic heterocycles. The van der Waals surface area contributed by atoms with E-state index in [9.17, 15) is 13.2 Å². The van der Waals surface area contributed by atoms with Crippen LogP contribution in [0.1, 0.15) is 18.4 Å². The number of carbonyl (C=O) groups is 1. The molecule has 0 radical (unpaired) electrons. The molecule has 1 N–H and O–H groups in total. The van der Waals surface area contributed by atoms with Crippen LogP contribution in [0.5, 0.6) is 0 Å². The normalized spacial score (nSPS) is 18.4. The summed E-state index contributed by atoms with van der Waals surface area (Å²) in [6.45, 7) is 0.602. The molecule has 1 aromatic carbocycles. The van der Waals surface area contributed by atoms with Gasteiger partial charge in [-0.15, -0.1) is 10.2 Å². The van der Waals surface area contributed by atoms with Crippen LogP contribution in [0.25, 0.3) is 0 Å². The molecule has 1 saturated heterocycles. The topological polar surface area (TPSA) is 92.3 Å². The third-order valence-corrected chi connectivity index (χ3v) is 8.10. The summed E-state index contributed by atoms with van der Waals surface area (Å²) in [5.74, 6) is -0.725. The number of anilines is 1. The van der Waals surface area contributed by atoms with Gasteiger partial charge in [0.1, 0.15) is 0 Å². The van der Waals surface area contributed by atoms with Gasteiger partial charge in [-0.3, -0.25) is 4.79 Å². The molecule has 11 heteroatoms. The van der Waals surface area contributed by atoms with Crippen LogP contribution >= 0.6 is 34.7 Å².